The van der Waals surface area contributed by atoms with Gasteiger partial charge < -0.3 is 14.5 Å². The molecule has 0 radical (unpaired) electrons. The monoisotopic (exact) mass is 549 g/mol. The van der Waals surface area contributed by atoms with Gasteiger partial charge in [-0.2, -0.15) is 0 Å². The van der Waals surface area contributed by atoms with E-state index in [2.05, 4.69) is 88.4 Å². The van der Waals surface area contributed by atoms with E-state index in [9.17, 15) is 0 Å². The van der Waals surface area contributed by atoms with Gasteiger partial charge >= 0.3 is 0 Å². The summed E-state index contributed by atoms with van der Waals surface area (Å²) in [5, 5.41) is 3.29. The number of H-pyrrole nitrogens is 1. The number of hydrogen-bond acceptors (Lipinski definition) is 4. The van der Waals surface area contributed by atoms with Crippen molar-refractivity contribution in [2.24, 2.45) is 0 Å². The third kappa shape index (κ3) is 4.97. The Morgan fingerprint density at radius 1 is 0.775 bits per heavy atom. The van der Waals surface area contributed by atoms with Crippen molar-refractivity contribution in [3.8, 4) is 34.0 Å². The molecule has 2 aliphatic rings. The molecular formula is C34H32ClN3O2. The van der Waals surface area contributed by atoms with E-state index in [1.54, 1.807) is 0 Å². The molecule has 202 valence electrons. The lowest BCUT2D eigenvalue weighted by Crippen LogP contribution is -2.45. The highest BCUT2D eigenvalue weighted by molar-refractivity contribution is 6.30. The summed E-state index contributed by atoms with van der Waals surface area (Å²) in [4.78, 5) is 8.92. The Labute approximate surface area is 239 Å². The number of aryl methyl sites for hydroxylation is 1. The molecule has 5 nitrogen and oxygen atoms in total. The van der Waals surface area contributed by atoms with Crippen LogP contribution in [0.5, 0.6) is 11.5 Å². The van der Waals surface area contributed by atoms with Gasteiger partial charge in [-0.05, 0) is 70.3 Å². The zero-order valence-electron chi connectivity index (χ0n) is 22.6. The van der Waals surface area contributed by atoms with E-state index in [0.717, 1.165) is 67.0 Å². The Morgan fingerprint density at radius 3 is 2.35 bits per heavy atom. The van der Waals surface area contributed by atoms with Gasteiger partial charge in [-0.3, -0.25) is 9.80 Å². The van der Waals surface area contributed by atoms with Crippen LogP contribution in [0.1, 0.15) is 16.7 Å². The molecule has 0 atom stereocenters. The molecule has 2 aliphatic heterocycles. The van der Waals surface area contributed by atoms with Crippen molar-refractivity contribution in [1.82, 2.24) is 14.8 Å². The zero-order valence-corrected chi connectivity index (χ0v) is 23.4. The summed E-state index contributed by atoms with van der Waals surface area (Å²) < 4.78 is 11.0. The minimum atomic E-state index is 0.316. The van der Waals surface area contributed by atoms with Crippen LogP contribution >= 0.6 is 11.6 Å². The average Bonchev–Trinajstić information content (AvgIpc) is 3.61. The quantitative estimate of drug-likeness (QED) is 0.238. The molecule has 4 aromatic carbocycles. The zero-order chi connectivity index (χ0) is 27.1. The number of fused-ring (bicyclic) bond motifs is 2. The van der Waals surface area contributed by atoms with Gasteiger partial charge in [0.2, 0.25) is 6.79 Å². The van der Waals surface area contributed by atoms with Crippen molar-refractivity contribution in [2.45, 2.75) is 20.0 Å². The Morgan fingerprint density at radius 2 is 1.52 bits per heavy atom. The minimum Gasteiger partial charge on any atom is -0.454 e. The number of piperazine rings is 1. The second-order valence-corrected chi connectivity index (χ2v) is 11.2. The van der Waals surface area contributed by atoms with E-state index >= 15 is 0 Å². The summed E-state index contributed by atoms with van der Waals surface area (Å²) in [5.74, 6) is 1.70. The molecule has 0 saturated carbocycles. The number of nitrogens with zero attached hydrogens (tertiary/aromatic N) is 2. The lowest BCUT2D eigenvalue weighted by molar-refractivity contribution is 0.122. The van der Waals surface area contributed by atoms with E-state index in [1.807, 2.05) is 18.2 Å². The van der Waals surface area contributed by atoms with Gasteiger partial charge in [0.15, 0.2) is 11.5 Å². The highest BCUT2D eigenvalue weighted by Gasteiger charge is 2.22. The van der Waals surface area contributed by atoms with Gasteiger partial charge in [-0.1, -0.05) is 66.2 Å². The molecule has 6 heteroatoms. The molecule has 3 heterocycles. The molecule has 1 fully saturated rings. The maximum atomic E-state index is 6.20. The molecule has 1 saturated heterocycles. The van der Waals surface area contributed by atoms with Crippen LogP contribution in [0, 0.1) is 6.92 Å². The normalized spacial score (nSPS) is 15.7. The van der Waals surface area contributed by atoms with Crippen LogP contribution < -0.4 is 9.47 Å². The number of hydrogen-bond donors (Lipinski definition) is 1. The van der Waals surface area contributed by atoms with Crippen LogP contribution in [-0.4, -0.2) is 47.8 Å². The maximum Gasteiger partial charge on any atom is 0.231 e. The lowest BCUT2D eigenvalue weighted by atomic mass is 9.95. The summed E-state index contributed by atoms with van der Waals surface area (Å²) in [7, 11) is 0. The molecule has 0 aliphatic carbocycles. The van der Waals surface area contributed by atoms with Crippen LogP contribution in [0.15, 0.2) is 84.9 Å². The molecule has 0 unspecified atom stereocenters. The number of ether oxygens (including phenoxy) is 2. The SMILES string of the molecule is Cc1ccc2ccccc2c1-c1[nH]c(-c2ccc(Cl)cc2)cc1CN1CCN(Cc2ccc3c(c2)OCO3)CC1. The fourth-order valence-electron chi connectivity index (χ4n) is 5.99. The second-order valence-electron chi connectivity index (χ2n) is 10.8. The highest BCUT2D eigenvalue weighted by atomic mass is 35.5. The van der Waals surface area contributed by atoms with E-state index in [0.29, 0.717) is 6.79 Å². The molecule has 0 bridgehead atoms. The van der Waals surface area contributed by atoms with Crippen LogP contribution in [-0.2, 0) is 13.1 Å². The second kappa shape index (κ2) is 10.7. The fourth-order valence-corrected chi connectivity index (χ4v) is 6.11. The molecule has 0 amide bonds. The molecular weight excluding hydrogens is 518 g/mol. The Kier molecular flexibility index (Phi) is 6.72. The molecule has 0 spiro atoms. The minimum absolute atomic E-state index is 0.316. The summed E-state index contributed by atoms with van der Waals surface area (Å²) in [6.45, 7) is 8.48. The van der Waals surface area contributed by atoms with Gasteiger partial charge in [0.25, 0.3) is 0 Å². The summed E-state index contributed by atoms with van der Waals surface area (Å²) in [6, 6.07) is 29.8. The molecule has 40 heavy (non-hydrogen) atoms. The first-order valence-electron chi connectivity index (χ1n) is 13.9. The van der Waals surface area contributed by atoms with Crippen molar-refractivity contribution in [2.75, 3.05) is 33.0 Å². The van der Waals surface area contributed by atoms with Gasteiger partial charge in [-0.25, -0.2) is 0 Å². The average molecular weight is 550 g/mol. The summed E-state index contributed by atoms with van der Waals surface area (Å²) >= 11 is 6.20. The summed E-state index contributed by atoms with van der Waals surface area (Å²) in [5.41, 5.74) is 8.63. The number of benzene rings is 4. The predicted molar refractivity (Wildman–Crippen MR) is 162 cm³/mol. The Hall–Kier alpha value is -3.77. The topological polar surface area (TPSA) is 40.7 Å². The largest absolute Gasteiger partial charge is 0.454 e. The first-order chi connectivity index (χ1) is 19.6. The number of halogens is 1. The van der Waals surface area contributed by atoms with Crippen LogP contribution in [0.3, 0.4) is 0 Å². The standard InChI is InChI=1S/C34H32ClN3O2/c1-23-6-8-25-4-2-3-5-29(25)33(23)34-27(19-30(36-34)26-9-11-28(35)12-10-26)21-38-16-14-37(15-17-38)20-24-7-13-31-32(18-24)40-22-39-31/h2-13,18-19,36H,14-17,20-22H2,1H3. The van der Waals surface area contributed by atoms with Crippen LogP contribution in [0.2, 0.25) is 5.02 Å². The maximum absolute atomic E-state index is 6.20. The van der Waals surface area contributed by atoms with E-state index in [-0.39, 0.29) is 0 Å². The first kappa shape index (κ1) is 25.2. The first-order valence-corrected chi connectivity index (χ1v) is 14.3. The van der Waals surface area contributed by atoms with Gasteiger partial charge in [0, 0.05) is 55.5 Å². The fraction of sp³-hybridized carbons (Fsp3) is 0.235. The number of rotatable bonds is 6. The lowest BCUT2D eigenvalue weighted by Gasteiger charge is -2.34. The van der Waals surface area contributed by atoms with Gasteiger partial charge in [0.05, 0.1) is 5.69 Å². The van der Waals surface area contributed by atoms with Crippen LogP contribution in [0.4, 0.5) is 0 Å². The number of aromatic amines is 1. The van der Waals surface area contributed by atoms with Crippen molar-refractivity contribution < 1.29 is 9.47 Å². The third-order valence-electron chi connectivity index (χ3n) is 8.14. The van der Waals surface area contributed by atoms with E-state index in [1.165, 1.54) is 38.7 Å². The van der Waals surface area contributed by atoms with Crippen molar-refractivity contribution in [3.05, 3.63) is 107 Å². The van der Waals surface area contributed by atoms with Crippen molar-refractivity contribution in [3.63, 3.8) is 0 Å². The molecule has 1 N–H and O–H groups in total. The number of aromatic nitrogens is 1. The molecule has 7 rings (SSSR count). The summed E-state index contributed by atoms with van der Waals surface area (Å²) in [6.07, 6.45) is 0. The van der Waals surface area contributed by atoms with Crippen LogP contribution in [0.25, 0.3) is 33.3 Å². The van der Waals surface area contributed by atoms with Gasteiger partial charge in [-0.15, -0.1) is 0 Å². The highest BCUT2D eigenvalue weighted by Crippen LogP contribution is 2.37. The third-order valence-corrected chi connectivity index (χ3v) is 8.40. The predicted octanol–water partition coefficient (Wildman–Crippen LogP) is 7.51. The van der Waals surface area contributed by atoms with E-state index in [4.69, 9.17) is 21.1 Å². The smallest absolute Gasteiger partial charge is 0.231 e. The van der Waals surface area contributed by atoms with Crippen molar-refractivity contribution >= 4 is 22.4 Å². The Balaban J connectivity index is 1.15. The Bertz CT molecular complexity index is 1670. The molecule has 1 aromatic heterocycles. The van der Waals surface area contributed by atoms with E-state index < -0.39 is 0 Å². The molecule has 5 aromatic rings. The number of nitrogens with one attached hydrogen (secondary N) is 1. The van der Waals surface area contributed by atoms with Crippen molar-refractivity contribution in [1.29, 1.82) is 0 Å². The van der Waals surface area contributed by atoms with Gasteiger partial charge in [0.1, 0.15) is 0 Å².